The van der Waals surface area contributed by atoms with Gasteiger partial charge in [-0.1, -0.05) is 18.2 Å². The Morgan fingerprint density at radius 3 is 2.58 bits per heavy atom. The van der Waals surface area contributed by atoms with Crippen LogP contribution in [0.1, 0.15) is 13.0 Å². The topological polar surface area (TPSA) is 82.2 Å². The van der Waals surface area contributed by atoms with Crippen molar-refractivity contribution in [3.8, 4) is 0 Å². The molecular weight excluding hydrogens is 264 g/mol. The van der Waals surface area contributed by atoms with Crippen LogP contribution in [0.15, 0.2) is 35.1 Å². The van der Waals surface area contributed by atoms with Crippen LogP contribution in [-0.4, -0.2) is 25.0 Å². The molecule has 1 heterocycles. The van der Waals surface area contributed by atoms with Crippen LogP contribution in [0, 0.1) is 0 Å². The summed E-state index contributed by atoms with van der Waals surface area (Å²) in [7, 11) is -3.17. The zero-order valence-corrected chi connectivity index (χ0v) is 11.6. The van der Waals surface area contributed by atoms with E-state index < -0.39 is 15.9 Å². The normalized spacial score (nSPS) is 13.6. The number of hydrogen-bond donors (Lipinski definition) is 1. The second-order valence-electron chi connectivity index (χ2n) is 4.77. The van der Waals surface area contributed by atoms with E-state index in [9.17, 15) is 13.2 Å². The van der Waals surface area contributed by atoms with Gasteiger partial charge < -0.3 is 5.73 Å². The van der Waals surface area contributed by atoms with Gasteiger partial charge in [0, 0.05) is 17.7 Å². The van der Waals surface area contributed by atoms with Gasteiger partial charge in [-0.2, -0.15) is 0 Å². The molecule has 0 amide bonds. The Balaban J connectivity index is 2.64. The van der Waals surface area contributed by atoms with E-state index in [-0.39, 0.29) is 17.1 Å². The fourth-order valence-electron chi connectivity index (χ4n) is 2.26. The predicted octanol–water partition coefficient (Wildman–Crippen LogP) is 1.19. The molecule has 1 aromatic carbocycles. The number of sulfone groups is 1. The van der Waals surface area contributed by atoms with Gasteiger partial charge >= 0.3 is 0 Å². The van der Waals surface area contributed by atoms with Gasteiger partial charge in [-0.3, -0.25) is 9.36 Å². The van der Waals surface area contributed by atoms with Gasteiger partial charge in [0.15, 0.2) is 0 Å². The highest BCUT2D eigenvalue weighted by Gasteiger charge is 2.17. The van der Waals surface area contributed by atoms with Gasteiger partial charge in [-0.25, -0.2) is 8.42 Å². The molecule has 0 saturated heterocycles. The van der Waals surface area contributed by atoms with E-state index in [4.69, 9.17) is 5.73 Å². The van der Waals surface area contributed by atoms with E-state index in [2.05, 4.69) is 0 Å². The first kappa shape index (κ1) is 13.6. The van der Waals surface area contributed by atoms with Crippen LogP contribution in [-0.2, 0) is 9.84 Å². The zero-order chi connectivity index (χ0) is 14.2. The quantitative estimate of drug-likeness (QED) is 0.915. The zero-order valence-electron chi connectivity index (χ0n) is 10.8. The lowest BCUT2D eigenvalue weighted by molar-refractivity contribution is 0.558. The van der Waals surface area contributed by atoms with E-state index in [0.717, 1.165) is 11.6 Å². The number of nitrogen functional groups attached to an aromatic ring is 1. The van der Waals surface area contributed by atoms with E-state index >= 15 is 0 Å². The molecule has 2 aromatic rings. The fraction of sp³-hybridized carbons (Fsp3) is 0.308. The largest absolute Gasteiger partial charge is 0.385 e. The molecule has 1 unspecified atom stereocenters. The number of benzene rings is 1. The molecule has 5 nitrogen and oxygen atoms in total. The molecule has 0 aliphatic heterocycles. The molecule has 0 aliphatic rings. The Morgan fingerprint density at radius 2 is 1.95 bits per heavy atom. The van der Waals surface area contributed by atoms with Crippen LogP contribution >= 0.6 is 0 Å². The SMILES string of the molecule is CC(CS(C)(=O)=O)n1c(N)cc2ccccc2c1=O. The minimum atomic E-state index is -3.17. The Hall–Kier alpha value is -1.82. The Labute approximate surface area is 111 Å². The van der Waals surface area contributed by atoms with Crippen molar-refractivity contribution in [2.24, 2.45) is 0 Å². The summed E-state index contributed by atoms with van der Waals surface area (Å²) in [5.74, 6) is 0.162. The standard InChI is InChI=1S/C13H16N2O3S/c1-9(8-19(2,17)18)15-12(14)7-10-5-3-4-6-11(10)13(15)16/h3-7,9H,8,14H2,1-2H3. The average molecular weight is 280 g/mol. The molecular formula is C13H16N2O3S. The Kier molecular flexibility index (Phi) is 3.36. The monoisotopic (exact) mass is 280 g/mol. The predicted molar refractivity (Wildman–Crippen MR) is 77.0 cm³/mol. The minimum Gasteiger partial charge on any atom is -0.385 e. The summed E-state index contributed by atoms with van der Waals surface area (Å²) in [6.45, 7) is 1.67. The van der Waals surface area contributed by atoms with Crippen LogP contribution in [0.4, 0.5) is 5.82 Å². The molecule has 0 aliphatic carbocycles. The Bertz CT molecular complexity index is 778. The molecule has 2 rings (SSSR count). The maximum atomic E-state index is 12.4. The summed E-state index contributed by atoms with van der Waals surface area (Å²) in [6, 6.07) is 8.30. The molecule has 1 atom stereocenters. The van der Waals surface area contributed by atoms with Gasteiger partial charge in [0.25, 0.3) is 5.56 Å². The van der Waals surface area contributed by atoms with Crippen molar-refractivity contribution in [1.29, 1.82) is 0 Å². The molecule has 19 heavy (non-hydrogen) atoms. The molecule has 2 N–H and O–H groups in total. The second-order valence-corrected chi connectivity index (χ2v) is 6.96. The van der Waals surface area contributed by atoms with Crippen molar-refractivity contribution in [1.82, 2.24) is 4.57 Å². The van der Waals surface area contributed by atoms with Crippen molar-refractivity contribution < 1.29 is 8.42 Å². The summed E-state index contributed by atoms with van der Waals surface area (Å²) < 4.78 is 24.0. The second kappa shape index (κ2) is 4.70. The van der Waals surface area contributed by atoms with Crippen LogP contribution in [0.3, 0.4) is 0 Å². The van der Waals surface area contributed by atoms with Crippen LogP contribution in [0.25, 0.3) is 10.8 Å². The van der Waals surface area contributed by atoms with Gasteiger partial charge in [0.05, 0.1) is 5.75 Å². The van der Waals surface area contributed by atoms with E-state index in [1.807, 2.05) is 6.07 Å². The molecule has 0 saturated carbocycles. The van der Waals surface area contributed by atoms with Crippen molar-refractivity contribution in [2.45, 2.75) is 13.0 Å². The first-order chi connectivity index (χ1) is 8.79. The lowest BCUT2D eigenvalue weighted by Gasteiger charge is -2.17. The number of fused-ring (bicyclic) bond motifs is 1. The summed E-state index contributed by atoms with van der Waals surface area (Å²) >= 11 is 0. The number of nitrogens with two attached hydrogens (primary N) is 1. The molecule has 0 spiro atoms. The first-order valence-electron chi connectivity index (χ1n) is 5.87. The third-order valence-corrected chi connectivity index (χ3v) is 4.06. The highest BCUT2D eigenvalue weighted by Crippen LogP contribution is 2.17. The first-order valence-corrected chi connectivity index (χ1v) is 7.93. The molecule has 0 radical (unpaired) electrons. The number of aromatic nitrogens is 1. The summed E-state index contributed by atoms with van der Waals surface area (Å²) in [5, 5.41) is 1.30. The minimum absolute atomic E-state index is 0.116. The third-order valence-electron chi connectivity index (χ3n) is 2.98. The lowest BCUT2D eigenvalue weighted by Crippen LogP contribution is -2.29. The van der Waals surface area contributed by atoms with E-state index in [1.54, 1.807) is 31.2 Å². The highest BCUT2D eigenvalue weighted by molar-refractivity contribution is 7.90. The summed E-state index contributed by atoms with van der Waals surface area (Å²) in [5.41, 5.74) is 5.62. The van der Waals surface area contributed by atoms with Crippen LogP contribution in [0.5, 0.6) is 0 Å². The van der Waals surface area contributed by atoms with Crippen LogP contribution in [0.2, 0.25) is 0 Å². The maximum absolute atomic E-state index is 12.4. The number of rotatable bonds is 3. The molecule has 0 bridgehead atoms. The smallest absolute Gasteiger partial charge is 0.260 e. The summed E-state index contributed by atoms with van der Waals surface area (Å²) in [4.78, 5) is 12.4. The molecule has 1 aromatic heterocycles. The molecule has 6 heteroatoms. The highest BCUT2D eigenvalue weighted by atomic mass is 32.2. The number of pyridine rings is 1. The fourth-order valence-corrected chi connectivity index (χ4v) is 3.29. The van der Waals surface area contributed by atoms with Crippen LogP contribution < -0.4 is 11.3 Å². The van der Waals surface area contributed by atoms with Gasteiger partial charge in [0.1, 0.15) is 15.7 Å². The number of nitrogens with zero attached hydrogens (tertiary/aromatic N) is 1. The molecule has 102 valence electrons. The van der Waals surface area contributed by atoms with E-state index in [1.165, 1.54) is 4.57 Å². The van der Waals surface area contributed by atoms with Crippen molar-refractivity contribution >= 4 is 26.4 Å². The number of hydrogen-bond acceptors (Lipinski definition) is 4. The lowest BCUT2D eigenvalue weighted by atomic mass is 10.1. The van der Waals surface area contributed by atoms with Gasteiger partial charge in [0.2, 0.25) is 0 Å². The van der Waals surface area contributed by atoms with Crippen molar-refractivity contribution in [3.05, 3.63) is 40.7 Å². The average Bonchev–Trinajstić information content (AvgIpc) is 2.26. The van der Waals surface area contributed by atoms with E-state index in [0.29, 0.717) is 5.39 Å². The summed E-state index contributed by atoms with van der Waals surface area (Å²) in [6.07, 6.45) is 1.14. The maximum Gasteiger partial charge on any atom is 0.260 e. The van der Waals surface area contributed by atoms with Gasteiger partial charge in [-0.05, 0) is 24.4 Å². The Morgan fingerprint density at radius 1 is 1.32 bits per heavy atom. The molecule has 0 fully saturated rings. The van der Waals surface area contributed by atoms with Gasteiger partial charge in [-0.15, -0.1) is 0 Å². The number of anilines is 1. The third kappa shape index (κ3) is 2.78. The van der Waals surface area contributed by atoms with Crippen molar-refractivity contribution in [2.75, 3.05) is 17.7 Å². The van der Waals surface area contributed by atoms with Crippen molar-refractivity contribution in [3.63, 3.8) is 0 Å².